The van der Waals surface area contributed by atoms with Gasteiger partial charge in [0, 0.05) is 12.6 Å². The van der Waals surface area contributed by atoms with Gasteiger partial charge in [0.1, 0.15) is 0 Å². The van der Waals surface area contributed by atoms with Crippen LogP contribution in [-0.2, 0) is 16.4 Å². The third-order valence-corrected chi connectivity index (χ3v) is 5.05. The predicted octanol–water partition coefficient (Wildman–Crippen LogP) is 1.67. The highest BCUT2D eigenvalue weighted by Crippen LogP contribution is 2.13. The number of sulfonamides is 1. The van der Waals surface area contributed by atoms with Crippen LogP contribution in [0.5, 0.6) is 0 Å². The molecule has 1 unspecified atom stereocenters. The van der Waals surface area contributed by atoms with Crippen molar-refractivity contribution in [2.24, 2.45) is 0 Å². The van der Waals surface area contributed by atoms with Crippen LogP contribution in [0, 0.1) is 0 Å². The minimum atomic E-state index is -3.39. The van der Waals surface area contributed by atoms with Crippen molar-refractivity contribution in [3.63, 3.8) is 0 Å². The Kier molecular flexibility index (Phi) is 4.96. The number of hydrogen-bond acceptors (Lipinski definition) is 3. The van der Waals surface area contributed by atoms with Gasteiger partial charge in [0.15, 0.2) is 0 Å². The van der Waals surface area contributed by atoms with Gasteiger partial charge in [-0.1, -0.05) is 25.5 Å². The number of nitrogens with one attached hydrogen (secondary N) is 2. The third kappa shape index (κ3) is 4.03. The van der Waals surface area contributed by atoms with Gasteiger partial charge in [-0.3, -0.25) is 0 Å². The Labute approximate surface area is 115 Å². The Bertz CT molecular complexity index is 489. The van der Waals surface area contributed by atoms with Crippen molar-refractivity contribution < 1.29 is 8.42 Å². The summed E-state index contributed by atoms with van der Waals surface area (Å²) in [6.07, 6.45) is 4.00. The van der Waals surface area contributed by atoms with Crippen molar-refractivity contribution in [3.05, 3.63) is 29.8 Å². The molecule has 4 nitrogen and oxygen atoms in total. The van der Waals surface area contributed by atoms with Crippen molar-refractivity contribution in [3.8, 4) is 0 Å². The lowest BCUT2D eigenvalue weighted by atomic mass is 10.2. The van der Waals surface area contributed by atoms with Crippen LogP contribution in [0.2, 0.25) is 0 Å². The maximum atomic E-state index is 12.3. The van der Waals surface area contributed by atoms with E-state index in [-0.39, 0.29) is 6.04 Å². The van der Waals surface area contributed by atoms with Gasteiger partial charge in [0.05, 0.1) is 4.90 Å². The maximum Gasteiger partial charge on any atom is 0.240 e. The van der Waals surface area contributed by atoms with Gasteiger partial charge in [-0.25, -0.2) is 13.1 Å². The van der Waals surface area contributed by atoms with E-state index in [4.69, 9.17) is 0 Å². The molecule has 106 valence electrons. The second kappa shape index (κ2) is 6.50. The van der Waals surface area contributed by atoms with E-state index in [2.05, 4.69) is 17.0 Å². The van der Waals surface area contributed by atoms with E-state index in [1.807, 2.05) is 12.1 Å². The van der Waals surface area contributed by atoms with Crippen LogP contribution >= 0.6 is 0 Å². The van der Waals surface area contributed by atoms with Gasteiger partial charge in [-0.15, -0.1) is 0 Å². The van der Waals surface area contributed by atoms with Crippen LogP contribution in [0.25, 0.3) is 0 Å². The van der Waals surface area contributed by atoms with Gasteiger partial charge in [-0.05, 0) is 43.5 Å². The Morgan fingerprint density at radius 1 is 1.26 bits per heavy atom. The van der Waals surface area contributed by atoms with Crippen LogP contribution in [0.4, 0.5) is 0 Å². The molecule has 0 saturated carbocycles. The van der Waals surface area contributed by atoms with E-state index in [1.54, 1.807) is 12.1 Å². The molecule has 0 spiro atoms. The summed E-state index contributed by atoms with van der Waals surface area (Å²) in [7, 11) is -3.39. The lowest BCUT2D eigenvalue weighted by molar-refractivity contribution is 0.521. The molecule has 1 saturated heterocycles. The Hall–Kier alpha value is -0.910. The molecule has 0 radical (unpaired) electrons. The number of aryl methyl sites for hydroxylation is 1. The molecule has 1 heterocycles. The van der Waals surface area contributed by atoms with Gasteiger partial charge in [0.2, 0.25) is 10.0 Å². The molecule has 1 aromatic rings. The summed E-state index contributed by atoms with van der Waals surface area (Å²) in [5.41, 5.74) is 1.15. The molecule has 0 bridgehead atoms. The first-order valence-electron chi connectivity index (χ1n) is 6.94. The first kappa shape index (κ1) is 14.5. The summed E-state index contributed by atoms with van der Waals surface area (Å²) >= 11 is 0. The van der Waals surface area contributed by atoms with Crippen molar-refractivity contribution >= 4 is 10.0 Å². The molecule has 19 heavy (non-hydrogen) atoms. The zero-order valence-electron chi connectivity index (χ0n) is 11.4. The molecule has 0 aromatic heterocycles. The van der Waals surface area contributed by atoms with E-state index in [0.717, 1.165) is 37.8 Å². The summed E-state index contributed by atoms with van der Waals surface area (Å²) in [5, 5.41) is 3.26. The average molecular weight is 282 g/mol. The van der Waals surface area contributed by atoms with Gasteiger partial charge in [-0.2, -0.15) is 0 Å². The van der Waals surface area contributed by atoms with Crippen molar-refractivity contribution in [1.82, 2.24) is 10.0 Å². The number of rotatable bonds is 4. The Morgan fingerprint density at radius 3 is 2.68 bits per heavy atom. The highest BCUT2D eigenvalue weighted by Gasteiger charge is 2.20. The molecular weight excluding hydrogens is 260 g/mol. The quantitative estimate of drug-likeness (QED) is 0.883. The van der Waals surface area contributed by atoms with E-state index in [0.29, 0.717) is 11.4 Å². The van der Waals surface area contributed by atoms with Crippen LogP contribution in [-0.4, -0.2) is 27.5 Å². The van der Waals surface area contributed by atoms with E-state index in [9.17, 15) is 8.42 Å². The predicted molar refractivity (Wildman–Crippen MR) is 76.7 cm³/mol. The summed E-state index contributed by atoms with van der Waals surface area (Å²) < 4.78 is 27.3. The highest BCUT2D eigenvalue weighted by molar-refractivity contribution is 7.89. The summed E-state index contributed by atoms with van der Waals surface area (Å²) in [6.45, 7) is 3.74. The van der Waals surface area contributed by atoms with Crippen LogP contribution in [0.3, 0.4) is 0 Å². The zero-order chi connectivity index (χ0) is 13.7. The van der Waals surface area contributed by atoms with Crippen LogP contribution in [0.1, 0.15) is 31.7 Å². The first-order valence-corrected chi connectivity index (χ1v) is 8.42. The molecule has 1 aromatic carbocycles. The number of benzene rings is 1. The maximum absolute atomic E-state index is 12.3. The second-order valence-corrected chi connectivity index (χ2v) is 6.73. The lowest BCUT2D eigenvalue weighted by Gasteiger charge is -2.16. The van der Waals surface area contributed by atoms with Crippen molar-refractivity contribution in [1.29, 1.82) is 0 Å². The first-order chi connectivity index (χ1) is 9.12. The van der Waals surface area contributed by atoms with Gasteiger partial charge < -0.3 is 5.32 Å². The normalized spacial score (nSPS) is 21.0. The molecule has 2 rings (SSSR count). The average Bonchev–Trinajstić information content (AvgIpc) is 2.67. The fourth-order valence-electron chi connectivity index (χ4n) is 2.31. The second-order valence-electron chi connectivity index (χ2n) is 5.02. The molecule has 1 aliphatic heterocycles. The Balaban J connectivity index is 2.07. The molecule has 2 N–H and O–H groups in total. The van der Waals surface area contributed by atoms with E-state index < -0.39 is 10.0 Å². The minimum Gasteiger partial charge on any atom is -0.315 e. The molecule has 1 aliphatic rings. The summed E-state index contributed by atoms with van der Waals surface area (Å²) in [5.74, 6) is 0. The fraction of sp³-hybridized carbons (Fsp3) is 0.571. The molecule has 0 aliphatic carbocycles. The fourth-order valence-corrected chi connectivity index (χ4v) is 3.58. The van der Waals surface area contributed by atoms with Crippen LogP contribution < -0.4 is 10.0 Å². The standard InChI is InChI=1S/C14H22N2O2S/c1-2-12-6-8-14(9-7-12)19(17,18)16-13-5-3-4-10-15-11-13/h6-9,13,15-16H,2-5,10-11H2,1H3. The molecule has 5 heteroatoms. The smallest absolute Gasteiger partial charge is 0.240 e. The molecular formula is C14H22N2O2S. The highest BCUT2D eigenvalue weighted by atomic mass is 32.2. The van der Waals surface area contributed by atoms with E-state index in [1.165, 1.54) is 0 Å². The van der Waals surface area contributed by atoms with Gasteiger partial charge >= 0.3 is 0 Å². The van der Waals surface area contributed by atoms with Crippen molar-refractivity contribution in [2.75, 3.05) is 13.1 Å². The minimum absolute atomic E-state index is 0.00153. The zero-order valence-corrected chi connectivity index (χ0v) is 12.2. The molecule has 1 fully saturated rings. The number of hydrogen-bond donors (Lipinski definition) is 2. The van der Waals surface area contributed by atoms with Gasteiger partial charge in [0.25, 0.3) is 0 Å². The SMILES string of the molecule is CCc1ccc(S(=O)(=O)NC2CCCCNC2)cc1. The molecule has 1 atom stereocenters. The van der Waals surface area contributed by atoms with Crippen molar-refractivity contribution in [2.45, 2.75) is 43.5 Å². The van der Waals surface area contributed by atoms with E-state index >= 15 is 0 Å². The van der Waals surface area contributed by atoms with Crippen LogP contribution in [0.15, 0.2) is 29.2 Å². The monoisotopic (exact) mass is 282 g/mol. The topological polar surface area (TPSA) is 58.2 Å². The largest absolute Gasteiger partial charge is 0.315 e. The summed E-state index contributed by atoms with van der Waals surface area (Å²) in [6, 6.07) is 7.12. The third-order valence-electron chi connectivity index (χ3n) is 3.51. The molecule has 0 amide bonds. The summed E-state index contributed by atoms with van der Waals surface area (Å²) in [4.78, 5) is 0.356. The Morgan fingerprint density at radius 2 is 2.00 bits per heavy atom. The lowest BCUT2D eigenvalue weighted by Crippen LogP contribution is -2.40.